The van der Waals surface area contributed by atoms with E-state index in [-0.39, 0.29) is 0 Å². The molecule has 0 amide bonds. The van der Waals surface area contributed by atoms with Crippen LogP contribution in [-0.2, 0) is 0 Å². The van der Waals surface area contributed by atoms with E-state index in [1.54, 1.807) is 0 Å². The van der Waals surface area contributed by atoms with Gasteiger partial charge in [-0.25, -0.2) is 0 Å². The summed E-state index contributed by atoms with van der Waals surface area (Å²) in [6, 6.07) is 1.78. The molecule has 0 aliphatic carbocycles. The summed E-state index contributed by atoms with van der Waals surface area (Å²) in [4.78, 5) is 7.78. The lowest BCUT2D eigenvalue weighted by atomic mass is 9.85. The van der Waals surface area contributed by atoms with Gasteiger partial charge >= 0.3 is 0 Å². The Morgan fingerprint density at radius 2 is 1.56 bits per heavy atom. The number of likely N-dealkylation sites (tertiary alicyclic amines) is 3. The number of hydrogen-bond donors (Lipinski definition) is 0. The molecule has 3 nitrogen and oxygen atoms in total. The zero-order valence-electron chi connectivity index (χ0n) is 10.7. The van der Waals surface area contributed by atoms with E-state index >= 15 is 0 Å². The SMILES string of the molecule is CN1CCC(CN2C3CC2CN(C)C3)CC1. The average Bonchev–Trinajstić information content (AvgIpc) is 2.28. The van der Waals surface area contributed by atoms with Crippen molar-refractivity contribution in [3.63, 3.8) is 0 Å². The highest BCUT2D eigenvalue weighted by atomic mass is 15.3. The smallest absolute Gasteiger partial charge is 0.0242 e. The van der Waals surface area contributed by atoms with Crippen LogP contribution in [0.2, 0.25) is 0 Å². The van der Waals surface area contributed by atoms with Crippen molar-refractivity contribution in [1.82, 2.24) is 14.7 Å². The van der Waals surface area contributed by atoms with Gasteiger partial charge in [0.25, 0.3) is 0 Å². The van der Waals surface area contributed by atoms with Crippen LogP contribution in [0.4, 0.5) is 0 Å². The minimum Gasteiger partial charge on any atom is -0.306 e. The zero-order chi connectivity index (χ0) is 11.1. The standard InChI is InChI=1S/C13H25N3/c1-14-5-3-11(4-6-14)8-16-12-7-13(16)10-15(2)9-12/h11-13H,3-10H2,1-2H3. The van der Waals surface area contributed by atoms with Gasteiger partial charge in [-0.1, -0.05) is 0 Å². The number of piperidine rings is 2. The molecule has 0 aromatic heterocycles. The summed E-state index contributed by atoms with van der Waals surface area (Å²) in [6.45, 7) is 6.63. The topological polar surface area (TPSA) is 9.72 Å². The first kappa shape index (κ1) is 11.0. The molecule has 0 N–H and O–H groups in total. The molecule has 0 saturated carbocycles. The van der Waals surface area contributed by atoms with E-state index in [0.717, 1.165) is 18.0 Å². The van der Waals surface area contributed by atoms with Gasteiger partial charge in [0.05, 0.1) is 0 Å². The van der Waals surface area contributed by atoms with E-state index in [2.05, 4.69) is 28.8 Å². The van der Waals surface area contributed by atoms with Crippen LogP contribution in [0.5, 0.6) is 0 Å². The van der Waals surface area contributed by atoms with Crippen molar-refractivity contribution in [1.29, 1.82) is 0 Å². The summed E-state index contributed by atoms with van der Waals surface area (Å²) in [7, 11) is 4.52. The van der Waals surface area contributed by atoms with Crippen LogP contribution in [0.25, 0.3) is 0 Å². The fourth-order valence-corrected chi connectivity index (χ4v) is 3.74. The van der Waals surface area contributed by atoms with Gasteiger partial charge in [0.1, 0.15) is 0 Å². The van der Waals surface area contributed by atoms with Gasteiger partial charge in [-0.15, -0.1) is 0 Å². The molecule has 3 aliphatic rings. The predicted molar refractivity (Wildman–Crippen MR) is 66.6 cm³/mol. The minimum atomic E-state index is 0.892. The second-order valence-electron chi connectivity index (χ2n) is 6.21. The number of piperazine rings is 1. The quantitative estimate of drug-likeness (QED) is 0.683. The van der Waals surface area contributed by atoms with Crippen molar-refractivity contribution < 1.29 is 0 Å². The largest absolute Gasteiger partial charge is 0.306 e. The van der Waals surface area contributed by atoms with E-state index in [1.807, 2.05) is 0 Å². The Hall–Kier alpha value is -0.120. The van der Waals surface area contributed by atoms with E-state index in [1.165, 1.54) is 52.0 Å². The second kappa shape index (κ2) is 4.28. The average molecular weight is 223 g/mol. The molecule has 2 unspecified atom stereocenters. The first-order valence-electron chi connectivity index (χ1n) is 6.85. The summed E-state index contributed by atoms with van der Waals surface area (Å²) < 4.78 is 0. The third-order valence-electron chi connectivity index (χ3n) is 4.83. The van der Waals surface area contributed by atoms with Gasteiger partial charge in [-0.2, -0.15) is 0 Å². The van der Waals surface area contributed by atoms with Gasteiger partial charge in [0.2, 0.25) is 0 Å². The summed E-state index contributed by atoms with van der Waals surface area (Å²) in [6.07, 6.45) is 4.31. The molecule has 3 rings (SSSR count). The Balaban J connectivity index is 1.49. The molecule has 0 aromatic carbocycles. The first-order chi connectivity index (χ1) is 7.72. The van der Waals surface area contributed by atoms with E-state index in [9.17, 15) is 0 Å². The number of likely N-dealkylation sites (N-methyl/N-ethyl adjacent to an activating group) is 1. The van der Waals surface area contributed by atoms with E-state index < -0.39 is 0 Å². The fraction of sp³-hybridized carbons (Fsp3) is 1.00. The molecule has 3 aliphatic heterocycles. The zero-order valence-corrected chi connectivity index (χ0v) is 10.7. The van der Waals surface area contributed by atoms with Crippen LogP contribution >= 0.6 is 0 Å². The van der Waals surface area contributed by atoms with Crippen LogP contribution in [0.15, 0.2) is 0 Å². The maximum atomic E-state index is 2.80. The fourth-order valence-electron chi connectivity index (χ4n) is 3.74. The van der Waals surface area contributed by atoms with Gasteiger partial charge < -0.3 is 9.80 Å². The lowest BCUT2D eigenvalue weighted by Crippen LogP contribution is -2.68. The number of nitrogens with zero attached hydrogens (tertiary/aromatic N) is 3. The van der Waals surface area contributed by atoms with Crippen molar-refractivity contribution in [3.05, 3.63) is 0 Å². The third kappa shape index (κ3) is 2.01. The Morgan fingerprint density at radius 1 is 0.938 bits per heavy atom. The highest BCUT2D eigenvalue weighted by molar-refractivity contribution is 5.00. The first-order valence-corrected chi connectivity index (χ1v) is 6.85. The summed E-state index contributed by atoms with van der Waals surface area (Å²) in [5.74, 6) is 0.977. The Morgan fingerprint density at radius 3 is 2.19 bits per heavy atom. The predicted octanol–water partition coefficient (Wildman–Crippen LogP) is 0.717. The van der Waals surface area contributed by atoms with Crippen LogP contribution in [0, 0.1) is 5.92 Å². The molecule has 2 atom stereocenters. The monoisotopic (exact) mass is 223 g/mol. The molecule has 2 bridgehead atoms. The van der Waals surface area contributed by atoms with Gasteiger partial charge in [0, 0.05) is 31.7 Å². The molecule has 3 heteroatoms. The molecule has 0 radical (unpaired) electrons. The summed E-state index contributed by atoms with van der Waals surface area (Å²) in [5.41, 5.74) is 0. The molecular formula is C13H25N3. The van der Waals surface area contributed by atoms with Crippen molar-refractivity contribution in [3.8, 4) is 0 Å². The third-order valence-corrected chi connectivity index (χ3v) is 4.83. The molecule has 3 fully saturated rings. The van der Waals surface area contributed by atoms with Gasteiger partial charge in [0.15, 0.2) is 0 Å². The highest BCUT2D eigenvalue weighted by Gasteiger charge is 2.43. The van der Waals surface area contributed by atoms with Crippen molar-refractivity contribution in [2.24, 2.45) is 5.92 Å². The Bertz CT molecular complexity index is 236. The minimum absolute atomic E-state index is 0.892. The van der Waals surface area contributed by atoms with Crippen molar-refractivity contribution >= 4 is 0 Å². The van der Waals surface area contributed by atoms with Crippen LogP contribution in [-0.4, -0.2) is 73.6 Å². The molecule has 3 heterocycles. The summed E-state index contributed by atoms with van der Waals surface area (Å²) >= 11 is 0. The number of hydrogen-bond acceptors (Lipinski definition) is 3. The van der Waals surface area contributed by atoms with E-state index in [0.29, 0.717) is 0 Å². The molecule has 0 spiro atoms. The normalized spacial score (nSPS) is 38.6. The lowest BCUT2D eigenvalue weighted by Gasteiger charge is -2.57. The summed E-state index contributed by atoms with van der Waals surface area (Å²) in [5, 5.41) is 0. The molecule has 0 aromatic rings. The van der Waals surface area contributed by atoms with Gasteiger partial charge in [-0.05, 0) is 52.4 Å². The van der Waals surface area contributed by atoms with Crippen LogP contribution in [0.3, 0.4) is 0 Å². The Kier molecular flexibility index (Phi) is 2.94. The maximum Gasteiger partial charge on any atom is 0.0242 e. The molecular weight excluding hydrogens is 198 g/mol. The molecule has 16 heavy (non-hydrogen) atoms. The number of fused-ring (bicyclic) bond motifs is 2. The maximum absolute atomic E-state index is 2.80. The van der Waals surface area contributed by atoms with Crippen LogP contribution < -0.4 is 0 Å². The lowest BCUT2D eigenvalue weighted by molar-refractivity contribution is -0.0727. The van der Waals surface area contributed by atoms with E-state index in [4.69, 9.17) is 0 Å². The number of rotatable bonds is 2. The second-order valence-corrected chi connectivity index (χ2v) is 6.21. The van der Waals surface area contributed by atoms with Gasteiger partial charge in [-0.3, -0.25) is 4.90 Å². The molecule has 92 valence electrons. The Labute approximate surface area is 99.4 Å². The van der Waals surface area contributed by atoms with Crippen molar-refractivity contribution in [2.75, 3.05) is 46.8 Å². The molecule has 3 saturated heterocycles. The van der Waals surface area contributed by atoms with Crippen LogP contribution in [0.1, 0.15) is 19.3 Å². The van der Waals surface area contributed by atoms with Crippen molar-refractivity contribution in [2.45, 2.75) is 31.3 Å². The highest BCUT2D eigenvalue weighted by Crippen LogP contribution is 2.33.